The summed E-state index contributed by atoms with van der Waals surface area (Å²) in [6.45, 7) is 0. The number of carbonyl (C=O) groups excluding carboxylic acids is 1. The molecule has 0 radical (unpaired) electrons. The second-order valence-electron chi connectivity index (χ2n) is 3.97. The van der Waals surface area contributed by atoms with Crippen molar-refractivity contribution in [2.75, 3.05) is 0 Å². The number of hydrogen-bond donors (Lipinski definition) is 1. The molecule has 0 aliphatic rings. The first kappa shape index (κ1) is 13.1. The zero-order chi connectivity index (χ0) is 14.0. The number of hydrogen-bond acceptors (Lipinski definition) is 2. The molecule has 0 unspecified atom stereocenters. The highest BCUT2D eigenvalue weighted by molar-refractivity contribution is 5.79. The van der Waals surface area contributed by atoms with Crippen molar-refractivity contribution < 1.29 is 23.1 Å². The van der Waals surface area contributed by atoms with Gasteiger partial charge in [-0.25, -0.2) is 0 Å². The van der Waals surface area contributed by atoms with Crippen molar-refractivity contribution in [3.63, 3.8) is 0 Å². The zero-order valence-electron chi connectivity index (χ0n) is 9.61. The molecule has 0 aliphatic heterocycles. The number of halogens is 3. The van der Waals surface area contributed by atoms with Gasteiger partial charge in [-0.05, 0) is 29.3 Å². The van der Waals surface area contributed by atoms with E-state index in [1.807, 2.05) is 0 Å². The summed E-state index contributed by atoms with van der Waals surface area (Å²) < 4.78 is 38.9. The van der Waals surface area contributed by atoms with Gasteiger partial charge >= 0.3 is 6.18 Å². The molecule has 0 atom stereocenters. The van der Waals surface area contributed by atoms with Crippen molar-refractivity contribution in [3.8, 4) is 16.9 Å². The largest absolute Gasteiger partial charge is 0.508 e. The molecule has 1 N–H and O–H groups in total. The van der Waals surface area contributed by atoms with Crippen LogP contribution in [0, 0.1) is 0 Å². The number of phenols is 1. The summed E-state index contributed by atoms with van der Waals surface area (Å²) in [4.78, 5) is 10.6. The lowest BCUT2D eigenvalue weighted by Crippen LogP contribution is -2.08. The van der Waals surface area contributed by atoms with Crippen LogP contribution in [0.3, 0.4) is 0 Å². The van der Waals surface area contributed by atoms with Crippen LogP contribution in [0.1, 0.15) is 15.9 Å². The van der Waals surface area contributed by atoms with E-state index in [1.54, 1.807) is 0 Å². The van der Waals surface area contributed by atoms with Crippen LogP contribution in [0.4, 0.5) is 13.2 Å². The maximum absolute atomic E-state index is 13.0. The number of carbonyl (C=O) groups is 1. The van der Waals surface area contributed by atoms with E-state index < -0.39 is 11.7 Å². The molecule has 2 aromatic carbocycles. The van der Waals surface area contributed by atoms with Crippen molar-refractivity contribution in [2.45, 2.75) is 6.18 Å². The van der Waals surface area contributed by atoms with E-state index in [9.17, 15) is 18.0 Å². The number of phenolic OH excluding ortho intramolecular Hbond substituents is 1. The number of rotatable bonds is 2. The average molecular weight is 266 g/mol. The van der Waals surface area contributed by atoms with E-state index in [0.29, 0.717) is 11.8 Å². The van der Waals surface area contributed by atoms with E-state index in [1.165, 1.54) is 36.4 Å². The van der Waals surface area contributed by atoms with Crippen molar-refractivity contribution in [3.05, 3.63) is 53.6 Å². The molecule has 0 fully saturated rings. The molecule has 0 amide bonds. The summed E-state index contributed by atoms with van der Waals surface area (Å²) in [7, 11) is 0. The topological polar surface area (TPSA) is 37.3 Å². The smallest absolute Gasteiger partial charge is 0.417 e. The van der Waals surface area contributed by atoms with Gasteiger partial charge in [-0.2, -0.15) is 13.2 Å². The van der Waals surface area contributed by atoms with Gasteiger partial charge in [0, 0.05) is 5.56 Å². The molecule has 98 valence electrons. The molecule has 19 heavy (non-hydrogen) atoms. The Morgan fingerprint density at radius 3 is 2.16 bits per heavy atom. The third kappa shape index (κ3) is 2.76. The van der Waals surface area contributed by atoms with Gasteiger partial charge in [-0.15, -0.1) is 0 Å². The second-order valence-corrected chi connectivity index (χ2v) is 3.97. The fourth-order valence-electron chi connectivity index (χ4n) is 1.76. The van der Waals surface area contributed by atoms with Crippen LogP contribution in [0.15, 0.2) is 42.5 Å². The monoisotopic (exact) mass is 266 g/mol. The summed E-state index contributed by atoms with van der Waals surface area (Å²) in [5.74, 6) is -0.0261. The van der Waals surface area contributed by atoms with Gasteiger partial charge < -0.3 is 5.11 Å². The molecular weight excluding hydrogens is 257 g/mol. The highest BCUT2D eigenvalue weighted by atomic mass is 19.4. The standard InChI is InChI=1S/C14H9F3O2/c15-14(16,17)13-7-9(8-18)1-6-12(13)10-2-4-11(19)5-3-10/h1-8,19H. The lowest BCUT2D eigenvalue weighted by molar-refractivity contribution is -0.137. The summed E-state index contributed by atoms with van der Waals surface area (Å²) in [6, 6.07) is 8.78. The SMILES string of the molecule is O=Cc1ccc(-c2ccc(O)cc2)c(C(F)(F)F)c1. The van der Waals surface area contributed by atoms with Crippen molar-refractivity contribution in [2.24, 2.45) is 0 Å². The Labute approximate surface area is 107 Å². The normalized spacial score (nSPS) is 11.3. The van der Waals surface area contributed by atoms with Gasteiger partial charge in [-0.1, -0.05) is 24.3 Å². The van der Waals surface area contributed by atoms with Gasteiger partial charge in [0.25, 0.3) is 0 Å². The minimum Gasteiger partial charge on any atom is -0.508 e. The molecule has 0 aliphatic carbocycles. The molecule has 0 aromatic heterocycles. The van der Waals surface area contributed by atoms with Gasteiger partial charge in [-0.3, -0.25) is 4.79 Å². The van der Waals surface area contributed by atoms with Crippen LogP contribution in [-0.2, 0) is 6.18 Å². The van der Waals surface area contributed by atoms with Crippen LogP contribution in [-0.4, -0.2) is 11.4 Å². The summed E-state index contributed by atoms with van der Waals surface area (Å²) >= 11 is 0. The Kier molecular flexibility index (Phi) is 3.29. The third-order valence-corrected chi connectivity index (χ3v) is 2.66. The first-order valence-corrected chi connectivity index (χ1v) is 5.37. The minimum absolute atomic E-state index is 0.0261. The van der Waals surface area contributed by atoms with Crippen LogP contribution in [0.2, 0.25) is 0 Å². The predicted molar refractivity (Wildman–Crippen MR) is 63.9 cm³/mol. The van der Waals surface area contributed by atoms with Crippen LogP contribution in [0.5, 0.6) is 5.75 Å². The van der Waals surface area contributed by atoms with E-state index in [2.05, 4.69) is 0 Å². The summed E-state index contributed by atoms with van der Waals surface area (Å²) in [6.07, 6.45) is -4.18. The van der Waals surface area contributed by atoms with E-state index in [-0.39, 0.29) is 16.9 Å². The van der Waals surface area contributed by atoms with Crippen molar-refractivity contribution in [1.29, 1.82) is 0 Å². The quantitative estimate of drug-likeness (QED) is 0.837. The molecule has 5 heteroatoms. The molecule has 0 heterocycles. The Balaban J connectivity index is 2.62. The van der Waals surface area contributed by atoms with E-state index >= 15 is 0 Å². The van der Waals surface area contributed by atoms with Gasteiger partial charge in [0.1, 0.15) is 12.0 Å². The number of aldehydes is 1. The molecule has 0 spiro atoms. The molecular formula is C14H9F3O2. The van der Waals surface area contributed by atoms with Crippen molar-refractivity contribution >= 4 is 6.29 Å². The average Bonchev–Trinajstić information content (AvgIpc) is 2.38. The lowest BCUT2D eigenvalue weighted by atomic mass is 9.97. The Hall–Kier alpha value is -2.30. The number of alkyl halides is 3. The summed E-state index contributed by atoms with van der Waals surface area (Å²) in [5, 5.41) is 9.15. The van der Waals surface area contributed by atoms with Crippen LogP contribution >= 0.6 is 0 Å². The molecule has 0 saturated heterocycles. The highest BCUT2D eigenvalue weighted by Crippen LogP contribution is 2.37. The summed E-state index contributed by atoms with van der Waals surface area (Å²) in [5.41, 5.74) is -0.613. The van der Waals surface area contributed by atoms with Gasteiger partial charge in [0.2, 0.25) is 0 Å². The predicted octanol–water partition coefficient (Wildman–Crippen LogP) is 3.89. The lowest BCUT2D eigenvalue weighted by Gasteiger charge is -2.13. The van der Waals surface area contributed by atoms with E-state index in [0.717, 1.165) is 6.07 Å². The fourth-order valence-corrected chi connectivity index (χ4v) is 1.76. The second kappa shape index (κ2) is 4.76. The molecule has 2 nitrogen and oxygen atoms in total. The number of benzene rings is 2. The maximum Gasteiger partial charge on any atom is 0.417 e. The van der Waals surface area contributed by atoms with Gasteiger partial charge in [0.05, 0.1) is 5.56 Å². The Morgan fingerprint density at radius 1 is 1.00 bits per heavy atom. The first-order valence-electron chi connectivity index (χ1n) is 5.37. The molecule has 2 aromatic rings. The highest BCUT2D eigenvalue weighted by Gasteiger charge is 2.33. The van der Waals surface area contributed by atoms with E-state index in [4.69, 9.17) is 5.11 Å². The molecule has 0 bridgehead atoms. The molecule has 0 saturated carbocycles. The van der Waals surface area contributed by atoms with Crippen LogP contribution < -0.4 is 0 Å². The Morgan fingerprint density at radius 2 is 1.63 bits per heavy atom. The first-order chi connectivity index (χ1) is 8.91. The Bertz CT molecular complexity index is 601. The maximum atomic E-state index is 13.0. The van der Waals surface area contributed by atoms with Crippen LogP contribution in [0.25, 0.3) is 11.1 Å². The third-order valence-electron chi connectivity index (χ3n) is 2.66. The fraction of sp³-hybridized carbons (Fsp3) is 0.0714. The molecule has 2 rings (SSSR count). The zero-order valence-corrected chi connectivity index (χ0v) is 9.61. The number of aromatic hydroxyl groups is 1. The van der Waals surface area contributed by atoms with Crippen molar-refractivity contribution in [1.82, 2.24) is 0 Å². The van der Waals surface area contributed by atoms with Gasteiger partial charge in [0.15, 0.2) is 0 Å². The minimum atomic E-state index is -4.55.